The average Bonchev–Trinajstić information content (AvgIpc) is 2.82. The smallest absolute Gasteiger partial charge is 0.326 e. The number of aliphatic carboxylic acids is 1. The summed E-state index contributed by atoms with van der Waals surface area (Å²) in [5, 5.41) is 9.04. The maximum absolute atomic E-state index is 12.1. The Labute approximate surface area is 101 Å². The van der Waals surface area contributed by atoms with Crippen LogP contribution in [0.15, 0.2) is 0 Å². The Bertz CT molecular complexity index is 332. The molecule has 17 heavy (non-hydrogen) atoms. The minimum Gasteiger partial charge on any atom is -0.480 e. The zero-order valence-electron chi connectivity index (χ0n) is 10.4. The van der Waals surface area contributed by atoms with E-state index in [4.69, 9.17) is 5.11 Å². The first kappa shape index (κ1) is 12.2. The van der Waals surface area contributed by atoms with Crippen LogP contribution in [0, 0.1) is 11.8 Å². The fourth-order valence-corrected chi connectivity index (χ4v) is 2.55. The van der Waals surface area contributed by atoms with Gasteiger partial charge in [0.25, 0.3) is 0 Å². The highest BCUT2D eigenvalue weighted by atomic mass is 16.4. The molecule has 1 aliphatic carbocycles. The van der Waals surface area contributed by atoms with Crippen molar-refractivity contribution in [3.63, 3.8) is 0 Å². The minimum absolute atomic E-state index is 0.131. The van der Waals surface area contributed by atoms with Crippen LogP contribution in [0.4, 0.5) is 4.79 Å². The molecular weight excluding hydrogens is 220 g/mol. The van der Waals surface area contributed by atoms with Crippen LogP contribution in [-0.4, -0.2) is 53.1 Å². The third kappa shape index (κ3) is 2.53. The molecule has 2 rings (SSSR count). The van der Waals surface area contributed by atoms with Crippen LogP contribution in [0.1, 0.15) is 26.2 Å². The van der Waals surface area contributed by atoms with E-state index in [1.807, 2.05) is 0 Å². The molecule has 96 valence electrons. The van der Waals surface area contributed by atoms with E-state index in [0.29, 0.717) is 24.8 Å². The second-order valence-corrected chi connectivity index (χ2v) is 5.33. The van der Waals surface area contributed by atoms with Crippen molar-refractivity contribution in [2.45, 2.75) is 32.2 Å². The third-order valence-corrected chi connectivity index (χ3v) is 3.89. The van der Waals surface area contributed by atoms with Crippen molar-refractivity contribution in [3.8, 4) is 0 Å². The van der Waals surface area contributed by atoms with Crippen molar-refractivity contribution in [1.29, 1.82) is 0 Å². The van der Waals surface area contributed by atoms with Crippen molar-refractivity contribution in [3.05, 3.63) is 0 Å². The van der Waals surface area contributed by atoms with Gasteiger partial charge < -0.3 is 14.9 Å². The number of rotatable bonds is 3. The van der Waals surface area contributed by atoms with Gasteiger partial charge in [-0.15, -0.1) is 0 Å². The summed E-state index contributed by atoms with van der Waals surface area (Å²) in [6.07, 6.45) is 2.55. The Morgan fingerprint density at radius 2 is 2.12 bits per heavy atom. The molecule has 0 aromatic rings. The van der Waals surface area contributed by atoms with Gasteiger partial charge in [0.2, 0.25) is 0 Å². The van der Waals surface area contributed by atoms with E-state index in [1.54, 1.807) is 11.9 Å². The SMILES string of the molecule is CC1CC1CN(C)C(=O)N1CCCC1C(=O)O. The maximum atomic E-state index is 12.1. The van der Waals surface area contributed by atoms with Gasteiger partial charge in [0.05, 0.1) is 0 Å². The summed E-state index contributed by atoms with van der Waals surface area (Å²) in [5.74, 6) is 0.429. The van der Waals surface area contributed by atoms with Crippen molar-refractivity contribution in [2.24, 2.45) is 11.8 Å². The molecule has 1 saturated carbocycles. The molecule has 1 heterocycles. The van der Waals surface area contributed by atoms with E-state index in [1.165, 1.54) is 11.3 Å². The molecule has 1 aliphatic heterocycles. The van der Waals surface area contributed by atoms with Gasteiger partial charge >= 0.3 is 12.0 Å². The van der Waals surface area contributed by atoms with Crippen LogP contribution in [-0.2, 0) is 4.79 Å². The number of amides is 2. The number of hydrogen-bond acceptors (Lipinski definition) is 2. The van der Waals surface area contributed by atoms with Crippen molar-refractivity contribution < 1.29 is 14.7 Å². The molecule has 5 heteroatoms. The van der Waals surface area contributed by atoms with Gasteiger partial charge in [-0.25, -0.2) is 9.59 Å². The second kappa shape index (κ2) is 4.55. The predicted octanol–water partition coefficient (Wildman–Crippen LogP) is 1.24. The fraction of sp³-hybridized carbons (Fsp3) is 0.833. The van der Waals surface area contributed by atoms with Crippen LogP contribution in [0.3, 0.4) is 0 Å². The Morgan fingerprint density at radius 1 is 1.47 bits per heavy atom. The largest absolute Gasteiger partial charge is 0.480 e. The molecule has 0 radical (unpaired) electrons. The van der Waals surface area contributed by atoms with Gasteiger partial charge in [-0.1, -0.05) is 6.92 Å². The van der Waals surface area contributed by atoms with Crippen LogP contribution in [0.5, 0.6) is 0 Å². The summed E-state index contributed by atoms with van der Waals surface area (Å²) < 4.78 is 0. The molecular formula is C12H20N2O3. The Hall–Kier alpha value is -1.26. The fourth-order valence-electron chi connectivity index (χ4n) is 2.55. The Morgan fingerprint density at radius 3 is 2.65 bits per heavy atom. The van der Waals surface area contributed by atoms with Crippen molar-refractivity contribution in [2.75, 3.05) is 20.1 Å². The number of carboxylic acid groups (broad SMARTS) is 1. The molecule has 1 saturated heterocycles. The molecule has 1 N–H and O–H groups in total. The lowest BCUT2D eigenvalue weighted by Crippen LogP contribution is -2.47. The number of urea groups is 1. The summed E-state index contributed by atoms with van der Waals surface area (Å²) in [6.45, 7) is 3.50. The van der Waals surface area contributed by atoms with Gasteiger partial charge in [0.15, 0.2) is 0 Å². The zero-order valence-corrected chi connectivity index (χ0v) is 10.4. The summed E-state index contributed by atoms with van der Waals surface area (Å²) in [7, 11) is 1.77. The van der Waals surface area contributed by atoms with E-state index in [9.17, 15) is 9.59 Å². The number of nitrogens with zero attached hydrogens (tertiary/aromatic N) is 2. The van der Waals surface area contributed by atoms with E-state index >= 15 is 0 Å². The van der Waals surface area contributed by atoms with Gasteiger partial charge in [-0.2, -0.15) is 0 Å². The standard InChI is InChI=1S/C12H20N2O3/c1-8-6-9(8)7-13(2)12(17)14-5-3-4-10(14)11(15)16/h8-10H,3-7H2,1-2H3,(H,15,16). The molecule has 3 atom stereocenters. The molecule has 0 aromatic heterocycles. The van der Waals surface area contributed by atoms with Crippen LogP contribution < -0.4 is 0 Å². The summed E-state index contributed by atoms with van der Waals surface area (Å²) in [5.41, 5.74) is 0. The maximum Gasteiger partial charge on any atom is 0.326 e. The zero-order chi connectivity index (χ0) is 12.6. The monoisotopic (exact) mass is 240 g/mol. The van der Waals surface area contributed by atoms with E-state index < -0.39 is 12.0 Å². The second-order valence-electron chi connectivity index (χ2n) is 5.33. The van der Waals surface area contributed by atoms with E-state index in [-0.39, 0.29) is 6.03 Å². The Kier molecular flexibility index (Phi) is 3.26. The quantitative estimate of drug-likeness (QED) is 0.807. The molecule has 2 fully saturated rings. The normalized spacial score (nSPS) is 31.4. The molecule has 0 spiro atoms. The molecule has 3 unspecified atom stereocenters. The number of carbonyl (C=O) groups excluding carboxylic acids is 1. The van der Waals surface area contributed by atoms with Crippen LogP contribution in [0.2, 0.25) is 0 Å². The first-order chi connectivity index (χ1) is 8.00. The highest BCUT2D eigenvalue weighted by Crippen LogP contribution is 2.38. The summed E-state index contributed by atoms with van der Waals surface area (Å²) in [4.78, 5) is 26.3. The van der Waals surface area contributed by atoms with E-state index in [0.717, 1.165) is 13.0 Å². The lowest BCUT2D eigenvalue weighted by Gasteiger charge is -2.27. The molecule has 0 bridgehead atoms. The number of likely N-dealkylation sites (tertiary alicyclic amines) is 1. The first-order valence-electron chi connectivity index (χ1n) is 6.25. The third-order valence-electron chi connectivity index (χ3n) is 3.89. The average molecular weight is 240 g/mol. The molecule has 5 nitrogen and oxygen atoms in total. The summed E-state index contributed by atoms with van der Waals surface area (Å²) >= 11 is 0. The topological polar surface area (TPSA) is 60.9 Å². The predicted molar refractivity (Wildman–Crippen MR) is 62.7 cm³/mol. The van der Waals surface area contributed by atoms with Gasteiger partial charge in [0.1, 0.15) is 6.04 Å². The lowest BCUT2D eigenvalue weighted by molar-refractivity contribution is -0.141. The van der Waals surface area contributed by atoms with Gasteiger partial charge in [-0.3, -0.25) is 0 Å². The molecule has 2 amide bonds. The number of carboxylic acids is 1. The highest BCUT2D eigenvalue weighted by molar-refractivity contribution is 5.83. The minimum atomic E-state index is -0.885. The molecule has 0 aromatic carbocycles. The van der Waals surface area contributed by atoms with Gasteiger partial charge in [0, 0.05) is 20.1 Å². The lowest BCUT2D eigenvalue weighted by atomic mass is 10.2. The highest BCUT2D eigenvalue weighted by Gasteiger charge is 2.38. The van der Waals surface area contributed by atoms with Crippen molar-refractivity contribution >= 4 is 12.0 Å². The number of carbonyl (C=O) groups is 2. The number of hydrogen-bond donors (Lipinski definition) is 1. The van der Waals surface area contributed by atoms with Crippen LogP contribution in [0.25, 0.3) is 0 Å². The Balaban J connectivity index is 1.91. The van der Waals surface area contributed by atoms with Crippen LogP contribution >= 0.6 is 0 Å². The van der Waals surface area contributed by atoms with Gasteiger partial charge in [-0.05, 0) is 31.1 Å². The van der Waals surface area contributed by atoms with Crippen molar-refractivity contribution in [1.82, 2.24) is 9.80 Å². The summed E-state index contributed by atoms with van der Waals surface area (Å²) in [6, 6.07) is -0.754. The van der Waals surface area contributed by atoms with E-state index in [2.05, 4.69) is 6.92 Å². The molecule has 2 aliphatic rings. The first-order valence-corrected chi connectivity index (χ1v) is 6.25.